The lowest BCUT2D eigenvalue weighted by molar-refractivity contribution is 0.0990. The largest absolute Gasteiger partial charge is 0.294 e. The van der Waals surface area contributed by atoms with E-state index in [4.69, 9.17) is 11.6 Å². The molecule has 19 heavy (non-hydrogen) atoms. The monoisotopic (exact) mass is 280 g/mol. The highest BCUT2D eigenvalue weighted by Crippen LogP contribution is 2.21. The number of carbonyl (C=O) groups excluding carboxylic acids is 1. The Bertz CT molecular complexity index is 618. The molecule has 0 aliphatic carbocycles. The van der Waals surface area contributed by atoms with Gasteiger partial charge in [-0.2, -0.15) is 0 Å². The van der Waals surface area contributed by atoms with Crippen molar-refractivity contribution in [2.75, 3.05) is 0 Å². The highest BCUT2D eigenvalue weighted by molar-refractivity contribution is 6.31. The zero-order chi connectivity index (χ0) is 14.0. The molecule has 2 aromatic rings. The van der Waals surface area contributed by atoms with Gasteiger partial charge in [-0.15, -0.1) is 0 Å². The van der Waals surface area contributed by atoms with E-state index in [1.54, 1.807) is 25.1 Å². The van der Waals surface area contributed by atoms with Gasteiger partial charge in [0, 0.05) is 22.6 Å². The number of ketones is 1. The number of Topliss-reactive ketones (excluding diaryl/α,β-unsaturated/α-hetero) is 1. The van der Waals surface area contributed by atoms with Gasteiger partial charge in [0.25, 0.3) is 0 Å². The second-order valence-corrected chi connectivity index (χ2v) is 4.62. The van der Waals surface area contributed by atoms with Gasteiger partial charge >= 0.3 is 0 Å². The molecule has 2 aromatic carbocycles. The van der Waals surface area contributed by atoms with Gasteiger partial charge in [0.1, 0.15) is 11.6 Å². The van der Waals surface area contributed by atoms with Gasteiger partial charge in [-0.25, -0.2) is 8.78 Å². The molecule has 0 saturated carbocycles. The molecule has 0 aliphatic rings. The van der Waals surface area contributed by atoms with Crippen LogP contribution in [0.5, 0.6) is 0 Å². The standard InChI is InChI=1S/C15H11ClF2O/c1-9-10(4-2-5-12(9)16)15(19)8-11-13(17)6-3-7-14(11)18/h2-7H,8H2,1H3. The predicted molar refractivity (Wildman–Crippen MR) is 70.6 cm³/mol. The van der Waals surface area contributed by atoms with E-state index >= 15 is 0 Å². The lowest BCUT2D eigenvalue weighted by Gasteiger charge is -2.08. The third-order valence-corrected chi connectivity index (χ3v) is 3.38. The van der Waals surface area contributed by atoms with Crippen LogP contribution in [-0.4, -0.2) is 5.78 Å². The molecule has 0 spiro atoms. The fourth-order valence-corrected chi connectivity index (χ4v) is 2.04. The maximum absolute atomic E-state index is 13.5. The molecule has 1 nitrogen and oxygen atoms in total. The Hall–Kier alpha value is -1.74. The maximum Gasteiger partial charge on any atom is 0.167 e. The van der Waals surface area contributed by atoms with E-state index in [-0.39, 0.29) is 17.8 Å². The van der Waals surface area contributed by atoms with Crippen molar-refractivity contribution >= 4 is 17.4 Å². The molecule has 0 aliphatic heterocycles. The number of benzene rings is 2. The summed E-state index contributed by atoms with van der Waals surface area (Å²) in [5, 5.41) is 0.458. The summed E-state index contributed by atoms with van der Waals surface area (Å²) in [5.41, 5.74) is 0.785. The second kappa shape index (κ2) is 5.49. The van der Waals surface area contributed by atoms with E-state index in [1.807, 2.05) is 0 Å². The van der Waals surface area contributed by atoms with Crippen LogP contribution in [-0.2, 0) is 6.42 Å². The normalized spacial score (nSPS) is 10.5. The van der Waals surface area contributed by atoms with Crippen molar-refractivity contribution in [2.24, 2.45) is 0 Å². The van der Waals surface area contributed by atoms with E-state index in [2.05, 4.69) is 0 Å². The van der Waals surface area contributed by atoms with Crippen molar-refractivity contribution in [3.8, 4) is 0 Å². The molecule has 0 bridgehead atoms. The van der Waals surface area contributed by atoms with Gasteiger partial charge < -0.3 is 0 Å². The van der Waals surface area contributed by atoms with Crippen molar-refractivity contribution < 1.29 is 13.6 Å². The fraction of sp³-hybridized carbons (Fsp3) is 0.133. The molecule has 4 heteroatoms. The summed E-state index contributed by atoms with van der Waals surface area (Å²) in [6.07, 6.45) is -0.320. The Kier molecular flexibility index (Phi) is 3.96. The molecule has 0 atom stereocenters. The van der Waals surface area contributed by atoms with Crippen LogP contribution in [0.4, 0.5) is 8.78 Å². The zero-order valence-corrected chi connectivity index (χ0v) is 11.0. The molecular formula is C15H11ClF2O. The Morgan fingerprint density at radius 2 is 1.68 bits per heavy atom. The molecule has 98 valence electrons. The molecular weight excluding hydrogens is 270 g/mol. The first kappa shape index (κ1) is 13.7. The summed E-state index contributed by atoms with van der Waals surface area (Å²) in [5.74, 6) is -1.79. The summed E-state index contributed by atoms with van der Waals surface area (Å²) in [6, 6.07) is 8.44. The first-order valence-electron chi connectivity index (χ1n) is 5.72. The van der Waals surface area contributed by atoms with Gasteiger partial charge in [0.15, 0.2) is 5.78 Å². The van der Waals surface area contributed by atoms with Crippen LogP contribution in [0.25, 0.3) is 0 Å². The highest BCUT2D eigenvalue weighted by Gasteiger charge is 2.16. The number of hydrogen-bond acceptors (Lipinski definition) is 1. The SMILES string of the molecule is Cc1c(Cl)cccc1C(=O)Cc1c(F)cccc1F. The van der Waals surface area contributed by atoms with Crippen LogP contribution in [0.2, 0.25) is 5.02 Å². The molecule has 0 amide bonds. The Balaban J connectivity index is 2.34. The van der Waals surface area contributed by atoms with Crippen molar-refractivity contribution in [3.63, 3.8) is 0 Å². The van der Waals surface area contributed by atoms with Crippen LogP contribution in [0, 0.1) is 18.6 Å². The van der Waals surface area contributed by atoms with Gasteiger partial charge in [0.2, 0.25) is 0 Å². The van der Waals surface area contributed by atoms with Gasteiger partial charge in [-0.05, 0) is 30.7 Å². The average Bonchev–Trinajstić information content (AvgIpc) is 2.37. The zero-order valence-electron chi connectivity index (χ0n) is 10.2. The lowest BCUT2D eigenvalue weighted by Crippen LogP contribution is -2.09. The van der Waals surface area contributed by atoms with Crippen molar-refractivity contribution in [2.45, 2.75) is 13.3 Å². The topological polar surface area (TPSA) is 17.1 Å². The summed E-state index contributed by atoms with van der Waals surface area (Å²) >= 11 is 5.92. The Morgan fingerprint density at radius 3 is 2.32 bits per heavy atom. The summed E-state index contributed by atoms with van der Waals surface area (Å²) in [7, 11) is 0. The third-order valence-electron chi connectivity index (χ3n) is 2.97. The van der Waals surface area contributed by atoms with Gasteiger partial charge in [0.05, 0.1) is 0 Å². The predicted octanol–water partition coefficient (Wildman–Crippen LogP) is 4.35. The highest BCUT2D eigenvalue weighted by atomic mass is 35.5. The van der Waals surface area contributed by atoms with Crippen molar-refractivity contribution in [3.05, 3.63) is 69.7 Å². The molecule has 0 N–H and O–H groups in total. The molecule has 0 fully saturated rings. The number of hydrogen-bond donors (Lipinski definition) is 0. The minimum absolute atomic E-state index is 0.216. The van der Waals surface area contributed by atoms with Gasteiger partial charge in [-0.3, -0.25) is 4.79 Å². The molecule has 0 heterocycles. The maximum atomic E-state index is 13.5. The third kappa shape index (κ3) is 2.82. The summed E-state index contributed by atoms with van der Waals surface area (Å²) < 4.78 is 27.0. The minimum Gasteiger partial charge on any atom is -0.294 e. The number of carbonyl (C=O) groups is 1. The summed E-state index contributed by atoms with van der Waals surface area (Å²) in [4.78, 5) is 12.1. The van der Waals surface area contributed by atoms with E-state index in [1.165, 1.54) is 6.07 Å². The van der Waals surface area contributed by atoms with Crippen LogP contribution in [0.15, 0.2) is 36.4 Å². The quantitative estimate of drug-likeness (QED) is 0.764. The minimum atomic E-state index is -0.715. The van der Waals surface area contributed by atoms with Crippen LogP contribution in [0.3, 0.4) is 0 Å². The number of halogens is 3. The molecule has 2 rings (SSSR count). The molecule has 0 unspecified atom stereocenters. The average molecular weight is 281 g/mol. The van der Waals surface area contributed by atoms with Crippen LogP contribution < -0.4 is 0 Å². The van der Waals surface area contributed by atoms with E-state index in [0.717, 1.165) is 12.1 Å². The van der Waals surface area contributed by atoms with Crippen molar-refractivity contribution in [1.82, 2.24) is 0 Å². The molecule has 0 radical (unpaired) electrons. The first-order valence-corrected chi connectivity index (χ1v) is 6.09. The Labute approximate surface area is 114 Å². The Morgan fingerprint density at radius 1 is 1.11 bits per heavy atom. The first-order chi connectivity index (χ1) is 9.00. The lowest BCUT2D eigenvalue weighted by atomic mass is 9.98. The van der Waals surface area contributed by atoms with Crippen LogP contribution >= 0.6 is 11.6 Å². The molecule has 0 saturated heterocycles. The fourth-order valence-electron chi connectivity index (χ4n) is 1.87. The smallest absolute Gasteiger partial charge is 0.167 e. The molecule has 0 aromatic heterocycles. The number of rotatable bonds is 3. The van der Waals surface area contributed by atoms with E-state index < -0.39 is 11.6 Å². The van der Waals surface area contributed by atoms with E-state index in [9.17, 15) is 13.6 Å². The second-order valence-electron chi connectivity index (χ2n) is 4.21. The van der Waals surface area contributed by atoms with Crippen molar-refractivity contribution in [1.29, 1.82) is 0 Å². The van der Waals surface area contributed by atoms with Crippen LogP contribution in [0.1, 0.15) is 21.5 Å². The van der Waals surface area contributed by atoms with Gasteiger partial charge in [-0.1, -0.05) is 29.8 Å². The summed E-state index contributed by atoms with van der Waals surface area (Å²) in [6.45, 7) is 1.70. The van der Waals surface area contributed by atoms with E-state index in [0.29, 0.717) is 16.1 Å².